The van der Waals surface area contributed by atoms with E-state index in [1.54, 1.807) is 0 Å². The van der Waals surface area contributed by atoms with E-state index in [-0.39, 0.29) is 5.60 Å². The van der Waals surface area contributed by atoms with Crippen molar-refractivity contribution in [3.8, 4) is 0 Å². The van der Waals surface area contributed by atoms with Gasteiger partial charge in [-0.15, -0.1) is 11.8 Å². The molecule has 0 unspecified atom stereocenters. The minimum Gasteiger partial charge on any atom is -0.377 e. The Balaban J connectivity index is 1.38. The molecule has 0 N–H and O–H groups in total. The molecule has 0 amide bonds. The average Bonchev–Trinajstić information content (AvgIpc) is 3.32. The van der Waals surface area contributed by atoms with E-state index in [1.807, 2.05) is 30.0 Å². The predicted octanol–water partition coefficient (Wildman–Crippen LogP) is 4.93. The third kappa shape index (κ3) is 4.60. The molecule has 122 valence electrons. The summed E-state index contributed by atoms with van der Waals surface area (Å²) in [5.41, 5.74) is 1.28. The second-order valence-corrected chi connectivity index (χ2v) is 7.00. The molecule has 23 heavy (non-hydrogen) atoms. The zero-order valence-electron chi connectivity index (χ0n) is 13.6. The Labute approximate surface area is 143 Å². The zero-order valence-corrected chi connectivity index (χ0v) is 14.4. The fourth-order valence-electron chi connectivity index (χ4n) is 2.79. The van der Waals surface area contributed by atoms with Crippen molar-refractivity contribution in [2.75, 3.05) is 12.4 Å². The van der Waals surface area contributed by atoms with E-state index in [0.717, 1.165) is 25.2 Å². The van der Waals surface area contributed by atoms with Crippen molar-refractivity contribution in [3.63, 3.8) is 0 Å². The lowest BCUT2D eigenvalue weighted by molar-refractivity contribution is 0.113. The van der Waals surface area contributed by atoms with Gasteiger partial charge in [-0.1, -0.05) is 55.5 Å². The van der Waals surface area contributed by atoms with E-state index >= 15 is 0 Å². The first-order chi connectivity index (χ1) is 11.3. The van der Waals surface area contributed by atoms with E-state index in [4.69, 9.17) is 9.47 Å². The first-order valence-corrected chi connectivity index (χ1v) is 9.28. The van der Waals surface area contributed by atoms with Gasteiger partial charge in [0.2, 0.25) is 0 Å². The number of hydrogen-bond acceptors (Lipinski definition) is 3. The van der Waals surface area contributed by atoms with Crippen molar-refractivity contribution in [1.82, 2.24) is 0 Å². The molecule has 1 aliphatic rings. The molecule has 1 fully saturated rings. The van der Waals surface area contributed by atoms with E-state index < -0.39 is 0 Å². The second kappa shape index (κ2) is 8.00. The Morgan fingerprint density at radius 1 is 1.04 bits per heavy atom. The number of rotatable bonds is 9. The van der Waals surface area contributed by atoms with Crippen molar-refractivity contribution in [2.45, 2.75) is 43.0 Å². The highest BCUT2D eigenvalue weighted by molar-refractivity contribution is 7.99. The van der Waals surface area contributed by atoms with Crippen LogP contribution >= 0.6 is 11.8 Å². The second-order valence-electron chi connectivity index (χ2n) is 5.95. The summed E-state index contributed by atoms with van der Waals surface area (Å²) in [4.78, 5) is 1.31. The van der Waals surface area contributed by atoms with Gasteiger partial charge in [-0.2, -0.15) is 0 Å². The predicted molar refractivity (Wildman–Crippen MR) is 95.8 cm³/mol. The average molecular weight is 328 g/mol. The standard InChI is InChI=1S/C20H24O2S/c1-2-20(16-23-18-11-7-4-8-12-18)19(22-20)13-14-21-15-17-9-5-3-6-10-17/h3-12,19H,2,13-16H2,1H3/t19-,20+/m1/s1. The minimum atomic E-state index is 0.0522. The number of benzene rings is 2. The van der Waals surface area contributed by atoms with E-state index in [2.05, 4.69) is 49.4 Å². The van der Waals surface area contributed by atoms with Crippen LogP contribution < -0.4 is 0 Å². The normalized spacial score (nSPS) is 22.9. The highest BCUT2D eigenvalue weighted by Gasteiger charge is 2.54. The van der Waals surface area contributed by atoms with Gasteiger partial charge in [-0.3, -0.25) is 0 Å². The summed E-state index contributed by atoms with van der Waals surface area (Å²) in [5.74, 6) is 1.02. The Morgan fingerprint density at radius 2 is 1.74 bits per heavy atom. The molecule has 0 aromatic heterocycles. The van der Waals surface area contributed by atoms with Gasteiger partial charge < -0.3 is 9.47 Å². The first-order valence-electron chi connectivity index (χ1n) is 8.30. The molecule has 0 bridgehead atoms. The molecule has 0 aliphatic carbocycles. The van der Waals surface area contributed by atoms with Gasteiger partial charge in [0.25, 0.3) is 0 Å². The van der Waals surface area contributed by atoms with Crippen LogP contribution in [0.4, 0.5) is 0 Å². The van der Waals surface area contributed by atoms with Gasteiger partial charge in [0.05, 0.1) is 12.7 Å². The van der Waals surface area contributed by atoms with Crippen molar-refractivity contribution >= 4 is 11.8 Å². The molecule has 0 saturated carbocycles. The van der Waals surface area contributed by atoms with Crippen LogP contribution in [0.5, 0.6) is 0 Å². The van der Waals surface area contributed by atoms with Gasteiger partial charge in [0.15, 0.2) is 0 Å². The third-order valence-corrected chi connectivity index (χ3v) is 5.61. The molecule has 1 aliphatic heterocycles. The fourth-order valence-corrected chi connectivity index (χ4v) is 4.01. The first kappa shape index (κ1) is 16.6. The lowest BCUT2D eigenvalue weighted by Gasteiger charge is -2.10. The molecule has 2 atom stereocenters. The summed E-state index contributed by atoms with van der Waals surface area (Å²) >= 11 is 1.89. The van der Waals surface area contributed by atoms with Crippen LogP contribution in [-0.2, 0) is 16.1 Å². The van der Waals surface area contributed by atoms with Crippen molar-refractivity contribution < 1.29 is 9.47 Å². The maximum atomic E-state index is 6.03. The van der Waals surface area contributed by atoms with E-state index in [1.165, 1.54) is 10.5 Å². The minimum absolute atomic E-state index is 0.0522. The maximum Gasteiger partial charge on any atom is 0.104 e. The Kier molecular flexibility index (Phi) is 5.76. The molecule has 0 spiro atoms. The Hall–Kier alpha value is -1.29. The van der Waals surface area contributed by atoms with Gasteiger partial charge in [0, 0.05) is 17.3 Å². The summed E-state index contributed by atoms with van der Waals surface area (Å²) in [5, 5.41) is 0. The molecular formula is C20H24O2S. The number of hydrogen-bond donors (Lipinski definition) is 0. The van der Waals surface area contributed by atoms with Crippen LogP contribution in [-0.4, -0.2) is 24.1 Å². The fraction of sp³-hybridized carbons (Fsp3) is 0.400. The van der Waals surface area contributed by atoms with Crippen molar-refractivity contribution in [2.24, 2.45) is 0 Å². The summed E-state index contributed by atoms with van der Waals surface area (Å²) in [7, 11) is 0. The molecule has 3 rings (SSSR count). The van der Waals surface area contributed by atoms with E-state index in [9.17, 15) is 0 Å². The molecule has 2 nitrogen and oxygen atoms in total. The van der Waals surface area contributed by atoms with Crippen LogP contribution in [0.3, 0.4) is 0 Å². The largest absolute Gasteiger partial charge is 0.377 e. The van der Waals surface area contributed by atoms with E-state index in [0.29, 0.717) is 12.7 Å². The van der Waals surface area contributed by atoms with Crippen molar-refractivity contribution in [1.29, 1.82) is 0 Å². The van der Waals surface area contributed by atoms with Crippen LogP contribution in [0.15, 0.2) is 65.6 Å². The third-order valence-electron chi connectivity index (χ3n) is 4.37. The molecule has 1 heterocycles. The highest BCUT2D eigenvalue weighted by Crippen LogP contribution is 2.45. The summed E-state index contributed by atoms with van der Waals surface area (Å²) in [6, 6.07) is 20.9. The van der Waals surface area contributed by atoms with Gasteiger partial charge in [-0.05, 0) is 30.5 Å². The highest BCUT2D eigenvalue weighted by atomic mass is 32.2. The topological polar surface area (TPSA) is 21.8 Å². The zero-order chi connectivity index (χ0) is 16.0. The van der Waals surface area contributed by atoms with Gasteiger partial charge >= 0.3 is 0 Å². The number of ether oxygens (including phenoxy) is 2. The monoisotopic (exact) mass is 328 g/mol. The molecule has 3 heteroatoms. The summed E-state index contributed by atoms with van der Waals surface area (Å²) < 4.78 is 11.8. The SMILES string of the molecule is CC[C@@]1(CSc2ccccc2)O[C@@H]1CCOCc1ccccc1. The number of epoxide rings is 1. The molecule has 2 aromatic carbocycles. The number of thioether (sulfide) groups is 1. The quantitative estimate of drug-likeness (QED) is 0.370. The summed E-state index contributed by atoms with van der Waals surface area (Å²) in [6.07, 6.45) is 2.39. The molecule has 1 saturated heterocycles. The van der Waals surface area contributed by atoms with Crippen molar-refractivity contribution in [3.05, 3.63) is 66.2 Å². The lowest BCUT2D eigenvalue weighted by atomic mass is 10.0. The molecule has 2 aromatic rings. The Morgan fingerprint density at radius 3 is 2.43 bits per heavy atom. The molecular weight excluding hydrogens is 304 g/mol. The van der Waals surface area contributed by atoms with Crippen LogP contribution in [0.2, 0.25) is 0 Å². The smallest absolute Gasteiger partial charge is 0.104 e. The van der Waals surface area contributed by atoms with Crippen LogP contribution in [0, 0.1) is 0 Å². The van der Waals surface area contributed by atoms with Gasteiger partial charge in [-0.25, -0.2) is 0 Å². The maximum absolute atomic E-state index is 6.03. The van der Waals surface area contributed by atoms with Gasteiger partial charge in [0.1, 0.15) is 5.60 Å². The van der Waals surface area contributed by atoms with Crippen LogP contribution in [0.1, 0.15) is 25.3 Å². The summed E-state index contributed by atoms with van der Waals surface area (Å²) in [6.45, 7) is 3.67. The Bertz CT molecular complexity index is 587. The lowest BCUT2D eigenvalue weighted by Crippen LogP contribution is -2.18. The molecule has 0 radical (unpaired) electrons. The van der Waals surface area contributed by atoms with Crippen LogP contribution in [0.25, 0.3) is 0 Å².